The van der Waals surface area contributed by atoms with Crippen molar-refractivity contribution in [2.24, 2.45) is 0 Å². The van der Waals surface area contributed by atoms with Gasteiger partial charge in [-0.25, -0.2) is 4.79 Å². The monoisotopic (exact) mass is 562 g/mol. The highest BCUT2D eigenvalue weighted by Gasteiger charge is 2.37. The lowest BCUT2D eigenvalue weighted by Crippen LogP contribution is -2.49. The Balaban J connectivity index is 1.78. The van der Waals surface area contributed by atoms with Gasteiger partial charge in [-0.05, 0) is 41.5 Å². The molecule has 1 aliphatic heterocycles. The average Bonchev–Trinajstić information content (AvgIpc) is 2.90. The maximum atomic E-state index is 13.2. The smallest absolute Gasteiger partial charge is 0.416 e. The molecule has 0 spiro atoms. The van der Waals surface area contributed by atoms with Crippen LogP contribution in [0.4, 0.5) is 26.3 Å². The highest BCUT2D eigenvalue weighted by atomic mass is 19.4. The van der Waals surface area contributed by atoms with Crippen LogP contribution in [0.3, 0.4) is 0 Å². The van der Waals surface area contributed by atoms with Crippen LogP contribution >= 0.6 is 0 Å². The minimum absolute atomic E-state index is 0.0494. The minimum atomic E-state index is -4.95. The molecule has 1 aliphatic rings. The molecule has 39 heavy (non-hydrogen) atoms. The standard InChI is InChI=1S/C26H28F6N2O5/c1-37-23(35)14-33-7-9-34(10-8-33)22(18-3-5-19(6-4-18)24(36)38-2)16-39-15-17-11-20(25(27,28)29)13-21(12-17)26(30,31)32/h3-6,11-13,22H,7-10,14-16H2,1-2H3. The number of esters is 2. The first-order valence-electron chi connectivity index (χ1n) is 11.9. The molecule has 2 aromatic carbocycles. The zero-order valence-electron chi connectivity index (χ0n) is 21.3. The normalized spacial score (nSPS) is 16.1. The van der Waals surface area contributed by atoms with Crippen LogP contribution in [-0.2, 0) is 38.0 Å². The summed E-state index contributed by atoms with van der Waals surface area (Å²) in [6.45, 7) is 1.65. The van der Waals surface area contributed by atoms with Gasteiger partial charge in [0.15, 0.2) is 0 Å². The fourth-order valence-corrected chi connectivity index (χ4v) is 4.24. The van der Waals surface area contributed by atoms with E-state index in [1.54, 1.807) is 24.3 Å². The summed E-state index contributed by atoms with van der Waals surface area (Å²) in [6.07, 6.45) is -9.91. The SMILES string of the molecule is COC(=O)CN1CCN(C(COCc2cc(C(F)(F)F)cc(C(F)(F)F)c2)c2ccc(C(=O)OC)cc2)CC1. The number of carbonyl (C=O) groups excluding carboxylic acids is 2. The summed E-state index contributed by atoms with van der Waals surface area (Å²) in [6, 6.07) is 7.42. The Hall–Kier alpha value is -3.16. The van der Waals surface area contributed by atoms with E-state index < -0.39 is 42.1 Å². The number of methoxy groups -OCH3 is 2. The van der Waals surface area contributed by atoms with E-state index in [4.69, 9.17) is 14.2 Å². The first-order chi connectivity index (χ1) is 18.3. The van der Waals surface area contributed by atoms with Crippen LogP contribution in [0.15, 0.2) is 42.5 Å². The van der Waals surface area contributed by atoms with E-state index in [1.165, 1.54) is 14.2 Å². The fourth-order valence-electron chi connectivity index (χ4n) is 4.24. The van der Waals surface area contributed by atoms with Crippen molar-refractivity contribution in [2.75, 3.05) is 53.6 Å². The van der Waals surface area contributed by atoms with Gasteiger partial charge in [-0.3, -0.25) is 14.6 Å². The minimum Gasteiger partial charge on any atom is -0.468 e. The predicted molar refractivity (Wildman–Crippen MR) is 127 cm³/mol. The third-order valence-electron chi connectivity index (χ3n) is 6.34. The van der Waals surface area contributed by atoms with Crippen molar-refractivity contribution >= 4 is 11.9 Å². The Morgan fingerprint density at radius 1 is 0.846 bits per heavy atom. The number of piperazine rings is 1. The number of benzene rings is 2. The van der Waals surface area contributed by atoms with Crippen molar-refractivity contribution in [1.82, 2.24) is 9.80 Å². The molecule has 7 nitrogen and oxygen atoms in total. The van der Waals surface area contributed by atoms with Crippen molar-refractivity contribution in [3.63, 3.8) is 0 Å². The van der Waals surface area contributed by atoms with Crippen LogP contribution in [0.5, 0.6) is 0 Å². The molecule has 1 unspecified atom stereocenters. The van der Waals surface area contributed by atoms with Crippen molar-refractivity contribution < 1.29 is 50.1 Å². The molecule has 0 amide bonds. The summed E-state index contributed by atoms with van der Waals surface area (Å²) in [5, 5.41) is 0. The highest BCUT2D eigenvalue weighted by Crippen LogP contribution is 2.36. The Labute approximate surface area is 221 Å². The van der Waals surface area contributed by atoms with Crippen molar-refractivity contribution in [3.05, 3.63) is 70.3 Å². The molecule has 0 saturated carbocycles. The van der Waals surface area contributed by atoms with Crippen LogP contribution < -0.4 is 0 Å². The second-order valence-corrected chi connectivity index (χ2v) is 8.95. The number of halogens is 6. The Morgan fingerprint density at radius 3 is 1.90 bits per heavy atom. The Morgan fingerprint density at radius 2 is 1.41 bits per heavy atom. The van der Waals surface area contributed by atoms with E-state index in [9.17, 15) is 35.9 Å². The molecule has 1 atom stereocenters. The summed E-state index contributed by atoms with van der Waals surface area (Å²) in [5.41, 5.74) is -2.04. The summed E-state index contributed by atoms with van der Waals surface area (Å²) in [4.78, 5) is 27.4. The van der Waals surface area contributed by atoms with Crippen molar-refractivity contribution in [2.45, 2.75) is 25.0 Å². The van der Waals surface area contributed by atoms with Gasteiger partial charge < -0.3 is 14.2 Å². The van der Waals surface area contributed by atoms with E-state index in [2.05, 4.69) is 0 Å². The molecule has 13 heteroatoms. The predicted octanol–water partition coefficient (Wildman–Crippen LogP) is 4.56. The third kappa shape index (κ3) is 8.41. The van der Waals surface area contributed by atoms with Crippen LogP contribution in [-0.4, -0.2) is 75.3 Å². The molecule has 0 bridgehead atoms. The number of hydrogen-bond acceptors (Lipinski definition) is 7. The van der Waals surface area contributed by atoms with Gasteiger partial charge in [-0.2, -0.15) is 26.3 Å². The Bertz CT molecular complexity index is 1100. The van der Waals surface area contributed by atoms with Gasteiger partial charge in [-0.1, -0.05) is 12.1 Å². The van der Waals surface area contributed by atoms with Crippen molar-refractivity contribution in [3.8, 4) is 0 Å². The van der Waals surface area contributed by atoms with Crippen LogP contribution in [0, 0.1) is 0 Å². The second kappa shape index (κ2) is 12.8. The molecule has 1 saturated heterocycles. The van der Waals surface area contributed by atoms with Gasteiger partial charge in [0, 0.05) is 26.2 Å². The first kappa shape index (κ1) is 30.4. The van der Waals surface area contributed by atoms with Crippen molar-refractivity contribution in [1.29, 1.82) is 0 Å². The maximum Gasteiger partial charge on any atom is 0.416 e. The van der Waals surface area contributed by atoms with Gasteiger partial charge >= 0.3 is 24.3 Å². The molecule has 2 aromatic rings. The quantitative estimate of drug-likeness (QED) is 0.328. The zero-order chi connectivity index (χ0) is 28.8. The number of rotatable bonds is 9. The molecular weight excluding hydrogens is 534 g/mol. The van der Waals surface area contributed by atoms with Gasteiger partial charge in [0.1, 0.15) is 0 Å². The molecule has 0 aliphatic carbocycles. The largest absolute Gasteiger partial charge is 0.468 e. The molecule has 3 rings (SSSR count). The number of nitrogens with zero attached hydrogens (tertiary/aromatic N) is 2. The van der Waals surface area contributed by atoms with Gasteiger partial charge in [0.05, 0.1) is 56.7 Å². The lowest BCUT2D eigenvalue weighted by atomic mass is 10.0. The molecule has 1 heterocycles. The van der Waals surface area contributed by atoms with Crippen LogP contribution in [0.25, 0.3) is 0 Å². The first-order valence-corrected chi connectivity index (χ1v) is 11.9. The van der Waals surface area contributed by atoms with E-state index in [1.807, 2.05) is 9.80 Å². The third-order valence-corrected chi connectivity index (χ3v) is 6.34. The topological polar surface area (TPSA) is 68.3 Å². The van der Waals surface area contributed by atoms with Crippen LogP contribution in [0.2, 0.25) is 0 Å². The molecule has 0 N–H and O–H groups in total. The highest BCUT2D eigenvalue weighted by molar-refractivity contribution is 5.89. The maximum absolute atomic E-state index is 13.2. The zero-order valence-corrected chi connectivity index (χ0v) is 21.3. The lowest BCUT2D eigenvalue weighted by Gasteiger charge is -2.39. The average molecular weight is 563 g/mol. The van der Waals surface area contributed by atoms with E-state index in [0.29, 0.717) is 43.9 Å². The number of hydrogen-bond donors (Lipinski definition) is 0. The number of ether oxygens (including phenoxy) is 3. The second-order valence-electron chi connectivity index (χ2n) is 8.95. The molecular formula is C26H28F6N2O5. The van der Waals surface area contributed by atoms with Gasteiger partial charge in [-0.15, -0.1) is 0 Å². The molecule has 0 radical (unpaired) electrons. The van der Waals surface area contributed by atoms with Crippen LogP contribution in [0.1, 0.15) is 38.7 Å². The fraction of sp³-hybridized carbons (Fsp3) is 0.462. The van der Waals surface area contributed by atoms with Gasteiger partial charge in [0.2, 0.25) is 0 Å². The number of alkyl halides is 6. The summed E-state index contributed by atoms with van der Waals surface area (Å²) < 4.78 is 94.4. The number of carbonyl (C=O) groups is 2. The lowest BCUT2D eigenvalue weighted by molar-refractivity contribution is -0.144. The van der Waals surface area contributed by atoms with E-state index in [-0.39, 0.29) is 30.8 Å². The molecule has 0 aromatic heterocycles. The molecule has 214 valence electrons. The van der Waals surface area contributed by atoms with Gasteiger partial charge in [0.25, 0.3) is 0 Å². The van der Waals surface area contributed by atoms with E-state index >= 15 is 0 Å². The Kier molecular flexibility index (Phi) is 9.97. The molecule has 1 fully saturated rings. The summed E-state index contributed by atoms with van der Waals surface area (Å²) in [5.74, 6) is -0.906. The summed E-state index contributed by atoms with van der Waals surface area (Å²) >= 11 is 0. The summed E-state index contributed by atoms with van der Waals surface area (Å²) in [7, 11) is 2.55. The van der Waals surface area contributed by atoms with E-state index in [0.717, 1.165) is 5.56 Å².